The summed E-state index contributed by atoms with van der Waals surface area (Å²) in [5.41, 5.74) is 2.48. The van der Waals surface area contributed by atoms with Crippen LogP contribution in [0.5, 0.6) is 0 Å². The number of benzene rings is 2. The van der Waals surface area contributed by atoms with E-state index in [1.54, 1.807) is 0 Å². The first-order valence-electron chi connectivity index (χ1n) is 9.94. The van der Waals surface area contributed by atoms with E-state index in [4.69, 9.17) is 9.97 Å². The van der Waals surface area contributed by atoms with Crippen molar-refractivity contribution in [3.8, 4) is 0 Å². The molecule has 0 unspecified atom stereocenters. The quantitative estimate of drug-likeness (QED) is 0.376. The monoisotopic (exact) mass is 437 g/mol. The molecular formula is C23H23N3O2S2. The molecule has 1 aromatic heterocycles. The molecule has 0 atom stereocenters. The van der Waals surface area contributed by atoms with Crippen LogP contribution in [-0.2, 0) is 11.5 Å². The zero-order chi connectivity index (χ0) is 20.8. The Morgan fingerprint density at radius 3 is 1.73 bits per heavy atom. The van der Waals surface area contributed by atoms with Gasteiger partial charge in [0.25, 0.3) is 0 Å². The van der Waals surface area contributed by atoms with Gasteiger partial charge in [-0.2, -0.15) is 0 Å². The Kier molecular flexibility index (Phi) is 6.92. The fourth-order valence-corrected chi connectivity index (χ4v) is 5.32. The number of rotatable bonds is 8. The van der Waals surface area contributed by atoms with Crippen LogP contribution in [0.15, 0.2) is 70.7 Å². The maximum absolute atomic E-state index is 12.2. The van der Waals surface area contributed by atoms with Crippen molar-refractivity contribution >= 4 is 35.4 Å². The molecule has 5 nitrogen and oxygen atoms in total. The van der Waals surface area contributed by atoms with Crippen molar-refractivity contribution in [2.75, 3.05) is 18.0 Å². The summed E-state index contributed by atoms with van der Waals surface area (Å²) in [4.78, 5) is 23.7. The third kappa shape index (κ3) is 5.15. The average Bonchev–Trinajstić information content (AvgIpc) is 3.32. The van der Waals surface area contributed by atoms with Gasteiger partial charge in [0.05, 0.1) is 0 Å². The first kappa shape index (κ1) is 20.8. The van der Waals surface area contributed by atoms with Crippen LogP contribution in [0.3, 0.4) is 0 Å². The second-order valence-corrected chi connectivity index (χ2v) is 8.98. The van der Waals surface area contributed by atoms with E-state index in [1.165, 1.54) is 23.5 Å². The summed E-state index contributed by atoms with van der Waals surface area (Å²) < 4.78 is 0. The fourth-order valence-electron chi connectivity index (χ4n) is 3.31. The highest BCUT2D eigenvalue weighted by Gasteiger charge is 2.24. The van der Waals surface area contributed by atoms with Gasteiger partial charge in [-0.1, -0.05) is 60.7 Å². The number of carboxylic acids is 1. The number of hydrogen-bond acceptors (Lipinski definition) is 6. The van der Waals surface area contributed by atoms with E-state index in [2.05, 4.69) is 4.90 Å². The van der Waals surface area contributed by atoms with E-state index in [0.717, 1.165) is 37.1 Å². The lowest BCUT2D eigenvalue weighted by Gasteiger charge is -2.19. The molecule has 3 aromatic rings. The van der Waals surface area contributed by atoms with Gasteiger partial charge < -0.3 is 10.0 Å². The first-order valence-corrected chi connectivity index (χ1v) is 11.9. The molecule has 2 aromatic carbocycles. The molecular weight excluding hydrogens is 414 g/mol. The predicted octanol–water partition coefficient (Wildman–Crippen LogP) is 5.36. The highest BCUT2D eigenvalue weighted by Crippen LogP contribution is 2.34. The lowest BCUT2D eigenvalue weighted by atomic mass is 10.2. The third-order valence-corrected chi connectivity index (χ3v) is 6.96. The molecule has 1 aliphatic heterocycles. The van der Waals surface area contributed by atoms with Crippen LogP contribution in [0.25, 0.3) is 0 Å². The van der Waals surface area contributed by atoms with Gasteiger partial charge in [0.15, 0.2) is 0 Å². The minimum Gasteiger partial charge on any atom is -0.477 e. The zero-order valence-corrected chi connectivity index (χ0v) is 18.2. The molecule has 0 spiro atoms. The molecule has 7 heteroatoms. The Hall–Kier alpha value is -2.51. The zero-order valence-electron chi connectivity index (χ0n) is 16.5. The molecule has 4 rings (SSSR count). The standard InChI is InChI=1S/C23H23N3O2S2/c27-22(28)19-20(29-15-17-9-3-1-4-10-17)24-23(26-13-7-8-14-26)25-21(19)30-16-18-11-5-2-6-12-18/h1-6,9-12H,7-8,13-16H2,(H,27,28). The Morgan fingerprint density at radius 1 is 0.833 bits per heavy atom. The molecule has 0 aliphatic carbocycles. The second kappa shape index (κ2) is 10.00. The topological polar surface area (TPSA) is 66.3 Å². The first-order chi connectivity index (χ1) is 14.7. The van der Waals surface area contributed by atoms with Crippen molar-refractivity contribution in [1.82, 2.24) is 9.97 Å². The van der Waals surface area contributed by atoms with Crippen LogP contribution in [0.2, 0.25) is 0 Å². The number of anilines is 1. The van der Waals surface area contributed by atoms with Gasteiger partial charge in [0.1, 0.15) is 15.6 Å². The van der Waals surface area contributed by atoms with Crippen LogP contribution in [-0.4, -0.2) is 34.1 Å². The summed E-state index contributed by atoms with van der Waals surface area (Å²) in [5, 5.41) is 11.1. The van der Waals surface area contributed by atoms with Crippen molar-refractivity contribution in [2.45, 2.75) is 34.4 Å². The van der Waals surface area contributed by atoms with Crippen molar-refractivity contribution in [1.29, 1.82) is 0 Å². The van der Waals surface area contributed by atoms with Gasteiger partial charge in [-0.05, 0) is 24.0 Å². The van der Waals surface area contributed by atoms with Gasteiger partial charge in [0, 0.05) is 24.6 Å². The number of aromatic carboxylic acids is 1. The largest absolute Gasteiger partial charge is 0.477 e. The van der Waals surface area contributed by atoms with E-state index in [0.29, 0.717) is 27.5 Å². The fraction of sp³-hybridized carbons (Fsp3) is 0.261. The van der Waals surface area contributed by atoms with Gasteiger partial charge in [-0.3, -0.25) is 0 Å². The Morgan fingerprint density at radius 2 is 1.30 bits per heavy atom. The average molecular weight is 438 g/mol. The highest BCUT2D eigenvalue weighted by atomic mass is 32.2. The molecule has 0 bridgehead atoms. The molecule has 0 saturated carbocycles. The molecule has 2 heterocycles. The normalized spacial score (nSPS) is 13.5. The maximum Gasteiger partial charge on any atom is 0.341 e. The molecule has 154 valence electrons. The van der Waals surface area contributed by atoms with Crippen molar-refractivity contribution in [3.63, 3.8) is 0 Å². The SMILES string of the molecule is O=C(O)c1c(SCc2ccccc2)nc(N2CCCC2)nc1SCc1ccccc1. The summed E-state index contributed by atoms with van der Waals surface area (Å²) in [6, 6.07) is 20.1. The van der Waals surface area contributed by atoms with Crippen molar-refractivity contribution < 1.29 is 9.90 Å². The van der Waals surface area contributed by atoms with Gasteiger partial charge in [-0.15, -0.1) is 23.5 Å². The smallest absolute Gasteiger partial charge is 0.341 e. The number of aromatic nitrogens is 2. The van der Waals surface area contributed by atoms with Crippen LogP contribution >= 0.6 is 23.5 Å². The van der Waals surface area contributed by atoms with Crippen LogP contribution in [0.1, 0.15) is 34.3 Å². The Balaban J connectivity index is 1.66. The summed E-state index contributed by atoms with van der Waals surface area (Å²) in [7, 11) is 0. The van der Waals surface area contributed by atoms with E-state index in [9.17, 15) is 9.90 Å². The molecule has 1 aliphatic rings. The predicted molar refractivity (Wildman–Crippen MR) is 122 cm³/mol. The second-order valence-electron chi connectivity index (χ2n) is 7.06. The summed E-state index contributed by atoms with van der Waals surface area (Å²) in [6.45, 7) is 1.83. The van der Waals surface area contributed by atoms with Crippen LogP contribution in [0, 0.1) is 0 Å². The highest BCUT2D eigenvalue weighted by molar-refractivity contribution is 7.99. The summed E-state index contributed by atoms with van der Waals surface area (Å²) >= 11 is 2.93. The minimum absolute atomic E-state index is 0.208. The Bertz CT molecular complexity index is 929. The van der Waals surface area contributed by atoms with E-state index < -0.39 is 5.97 Å². The number of hydrogen-bond donors (Lipinski definition) is 1. The lowest BCUT2D eigenvalue weighted by Crippen LogP contribution is -2.22. The number of carbonyl (C=O) groups is 1. The van der Waals surface area contributed by atoms with E-state index in [1.807, 2.05) is 60.7 Å². The van der Waals surface area contributed by atoms with Gasteiger partial charge in [0.2, 0.25) is 5.95 Å². The van der Waals surface area contributed by atoms with Gasteiger partial charge >= 0.3 is 5.97 Å². The number of carboxylic acid groups (broad SMARTS) is 1. The summed E-state index contributed by atoms with van der Waals surface area (Å²) in [6.07, 6.45) is 2.23. The van der Waals surface area contributed by atoms with E-state index >= 15 is 0 Å². The molecule has 1 fully saturated rings. The summed E-state index contributed by atoms with van der Waals surface area (Å²) in [5.74, 6) is 0.999. The van der Waals surface area contributed by atoms with Crippen molar-refractivity contribution in [3.05, 3.63) is 77.4 Å². The number of thioether (sulfide) groups is 2. The Labute approximate surface area is 184 Å². The van der Waals surface area contributed by atoms with Gasteiger partial charge in [-0.25, -0.2) is 14.8 Å². The molecule has 0 amide bonds. The maximum atomic E-state index is 12.2. The number of nitrogens with zero attached hydrogens (tertiary/aromatic N) is 3. The van der Waals surface area contributed by atoms with Crippen LogP contribution in [0.4, 0.5) is 5.95 Å². The third-order valence-electron chi connectivity index (χ3n) is 4.87. The molecule has 1 saturated heterocycles. The lowest BCUT2D eigenvalue weighted by molar-refractivity contribution is 0.0687. The van der Waals surface area contributed by atoms with E-state index in [-0.39, 0.29) is 5.56 Å². The molecule has 1 N–H and O–H groups in total. The van der Waals surface area contributed by atoms with Crippen LogP contribution < -0.4 is 4.90 Å². The van der Waals surface area contributed by atoms with Crippen molar-refractivity contribution in [2.24, 2.45) is 0 Å². The molecule has 0 radical (unpaired) electrons. The molecule has 30 heavy (non-hydrogen) atoms. The minimum atomic E-state index is -0.978.